The molecule has 88 valence electrons. The number of anilines is 1. The number of nitrogens with one attached hydrogen (secondary N) is 1. The van der Waals surface area contributed by atoms with Crippen molar-refractivity contribution in [3.63, 3.8) is 0 Å². The van der Waals surface area contributed by atoms with E-state index in [0.29, 0.717) is 10.7 Å². The first-order valence-corrected chi connectivity index (χ1v) is 6.10. The van der Waals surface area contributed by atoms with Crippen LogP contribution in [0.15, 0.2) is 22.7 Å². The Morgan fingerprint density at radius 1 is 1.50 bits per heavy atom. The third-order valence-electron chi connectivity index (χ3n) is 2.21. The van der Waals surface area contributed by atoms with Gasteiger partial charge in [0.25, 0.3) is 0 Å². The molecule has 0 heterocycles. The lowest BCUT2D eigenvalue weighted by molar-refractivity contribution is -0.118. The Bertz CT molecular complexity index is 396. The van der Waals surface area contributed by atoms with Gasteiger partial charge in [-0.15, -0.1) is 0 Å². The minimum atomic E-state index is -0.512. The summed E-state index contributed by atoms with van der Waals surface area (Å²) in [7, 11) is 0. The molecule has 1 rings (SSSR count). The van der Waals surface area contributed by atoms with Gasteiger partial charge in [0.05, 0.1) is 11.1 Å². The van der Waals surface area contributed by atoms with Gasteiger partial charge in [-0.05, 0) is 40.0 Å². The molecule has 0 fully saturated rings. The van der Waals surface area contributed by atoms with Crippen molar-refractivity contribution in [1.82, 2.24) is 0 Å². The van der Waals surface area contributed by atoms with Crippen molar-refractivity contribution < 1.29 is 4.79 Å². The maximum Gasteiger partial charge on any atom is 0.241 e. The Balaban J connectivity index is 2.74. The van der Waals surface area contributed by atoms with Crippen LogP contribution in [0.25, 0.3) is 0 Å². The van der Waals surface area contributed by atoms with Crippen LogP contribution in [0.1, 0.15) is 13.8 Å². The Morgan fingerprint density at radius 3 is 2.62 bits per heavy atom. The van der Waals surface area contributed by atoms with Crippen LogP contribution in [0, 0.1) is 5.92 Å². The van der Waals surface area contributed by atoms with Gasteiger partial charge in [-0.25, -0.2) is 0 Å². The van der Waals surface area contributed by atoms with E-state index in [0.717, 1.165) is 4.47 Å². The third-order valence-corrected chi connectivity index (χ3v) is 3.44. The molecule has 0 aliphatic rings. The monoisotopic (exact) mass is 304 g/mol. The molecule has 0 aliphatic heterocycles. The van der Waals surface area contributed by atoms with Crippen molar-refractivity contribution in [2.45, 2.75) is 19.9 Å². The number of amides is 1. The summed E-state index contributed by atoms with van der Waals surface area (Å²) in [5, 5.41) is 3.27. The zero-order valence-corrected chi connectivity index (χ0v) is 11.5. The average molecular weight is 306 g/mol. The quantitative estimate of drug-likeness (QED) is 0.902. The van der Waals surface area contributed by atoms with Crippen molar-refractivity contribution in [3.8, 4) is 0 Å². The van der Waals surface area contributed by atoms with Crippen LogP contribution in [0.4, 0.5) is 5.69 Å². The van der Waals surface area contributed by atoms with Gasteiger partial charge in [0.2, 0.25) is 5.91 Å². The average Bonchev–Trinajstić information content (AvgIpc) is 2.22. The minimum absolute atomic E-state index is 0.103. The highest BCUT2D eigenvalue weighted by molar-refractivity contribution is 9.10. The number of hydrogen-bond acceptors (Lipinski definition) is 2. The van der Waals surface area contributed by atoms with Gasteiger partial charge in [0.15, 0.2) is 0 Å². The van der Waals surface area contributed by atoms with E-state index in [-0.39, 0.29) is 11.8 Å². The fourth-order valence-electron chi connectivity index (χ4n) is 1.10. The number of benzene rings is 1. The highest BCUT2D eigenvalue weighted by Gasteiger charge is 2.17. The first kappa shape index (κ1) is 13.5. The minimum Gasteiger partial charge on any atom is -0.325 e. The largest absolute Gasteiger partial charge is 0.325 e. The van der Waals surface area contributed by atoms with Gasteiger partial charge >= 0.3 is 0 Å². The fourth-order valence-corrected chi connectivity index (χ4v) is 1.53. The van der Waals surface area contributed by atoms with E-state index in [1.54, 1.807) is 18.2 Å². The summed E-state index contributed by atoms with van der Waals surface area (Å²) in [6.07, 6.45) is 0. The third kappa shape index (κ3) is 3.47. The summed E-state index contributed by atoms with van der Waals surface area (Å²) in [6, 6.07) is 4.71. The maximum atomic E-state index is 11.7. The standard InChI is InChI=1S/C11H14BrClN2O/c1-6(2)10(14)11(16)15-7-3-4-8(12)9(13)5-7/h3-6,10H,14H2,1-2H3,(H,15,16)/t10-/m0/s1. The van der Waals surface area contributed by atoms with E-state index in [1.807, 2.05) is 13.8 Å². The Labute approximate surface area is 108 Å². The van der Waals surface area contributed by atoms with Crippen molar-refractivity contribution >= 4 is 39.1 Å². The first-order valence-electron chi connectivity index (χ1n) is 4.93. The van der Waals surface area contributed by atoms with Gasteiger partial charge in [0.1, 0.15) is 0 Å². The molecule has 1 atom stereocenters. The zero-order chi connectivity index (χ0) is 12.3. The molecule has 0 saturated carbocycles. The molecule has 0 bridgehead atoms. The lowest BCUT2D eigenvalue weighted by Crippen LogP contribution is -2.39. The van der Waals surface area contributed by atoms with Crippen LogP contribution in [0.3, 0.4) is 0 Å². The molecular formula is C11H14BrClN2O. The highest BCUT2D eigenvalue weighted by Crippen LogP contribution is 2.25. The predicted octanol–water partition coefficient (Wildman–Crippen LogP) is 3.02. The summed E-state index contributed by atoms with van der Waals surface area (Å²) < 4.78 is 0.792. The fraction of sp³-hybridized carbons (Fsp3) is 0.364. The lowest BCUT2D eigenvalue weighted by atomic mass is 10.1. The molecule has 0 unspecified atom stereocenters. The molecule has 0 aromatic heterocycles. The van der Waals surface area contributed by atoms with Crippen LogP contribution in [-0.2, 0) is 4.79 Å². The van der Waals surface area contributed by atoms with Crippen molar-refractivity contribution in [1.29, 1.82) is 0 Å². The van der Waals surface area contributed by atoms with Crippen molar-refractivity contribution in [2.24, 2.45) is 11.7 Å². The topological polar surface area (TPSA) is 55.1 Å². The first-order chi connectivity index (χ1) is 7.41. The second-order valence-electron chi connectivity index (χ2n) is 3.89. The summed E-state index contributed by atoms with van der Waals surface area (Å²) in [4.78, 5) is 11.7. The van der Waals surface area contributed by atoms with E-state index in [1.165, 1.54) is 0 Å². The summed E-state index contributed by atoms with van der Waals surface area (Å²) in [5.74, 6) is -0.0979. The Hall–Kier alpha value is -0.580. The number of carbonyl (C=O) groups is 1. The highest BCUT2D eigenvalue weighted by atomic mass is 79.9. The van der Waals surface area contributed by atoms with Crippen molar-refractivity contribution in [2.75, 3.05) is 5.32 Å². The maximum absolute atomic E-state index is 11.7. The van der Waals surface area contributed by atoms with E-state index >= 15 is 0 Å². The number of hydrogen-bond donors (Lipinski definition) is 2. The summed E-state index contributed by atoms with van der Waals surface area (Å²) >= 11 is 9.19. The van der Waals surface area contributed by atoms with Gasteiger partial charge in [-0.3, -0.25) is 4.79 Å². The number of carbonyl (C=O) groups excluding carboxylic acids is 1. The van der Waals surface area contributed by atoms with E-state index in [4.69, 9.17) is 17.3 Å². The molecule has 16 heavy (non-hydrogen) atoms. The van der Waals surface area contributed by atoms with Crippen LogP contribution in [0.2, 0.25) is 5.02 Å². The van der Waals surface area contributed by atoms with Gasteiger partial charge < -0.3 is 11.1 Å². The molecule has 3 N–H and O–H groups in total. The molecule has 1 amide bonds. The summed E-state index contributed by atoms with van der Waals surface area (Å²) in [5.41, 5.74) is 6.37. The molecule has 1 aromatic rings. The zero-order valence-electron chi connectivity index (χ0n) is 9.13. The van der Waals surface area contributed by atoms with Crippen LogP contribution < -0.4 is 11.1 Å². The van der Waals surface area contributed by atoms with E-state index in [9.17, 15) is 4.79 Å². The SMILES string of the molecule is CC(C)[C@H](N)C(=O)Nc1ccc(Br)c(Cl)c1. The Morgan fingerprint density at radius 2 is 2.12 bits per heavy atom. The number of rotatable bonds is 3. The number of halogens is 2. The second kappa shape index (κ2) is 5.66. The van der Waals surface area contributed by atoms with E-state index < -0.39 is 6.04 Å². The van der Waals surface area contributed by atoms with Crippen LogP contribution >= 0.6 is 27.5 Å². The smallest absolute Gasteiger partial charge is 0.241 e. The Kier molecular flexibility index (Phi) is 4.77. The molecule has 1 aromatic carbocycles. The van der Waals surface area contributed by atoms with Gasteiger partial charge in [-0.1, -0.05) is 25.4 Å². The normalized spacial score (nSPS) is 12.6. The molecule has 3 nitrogen and oxygen atoms in total. The lowest BCUT2D eigenvalue weighted by Gasteiger charge is -2.15. The summed E-state index contributed by atoms with van der Waals surface area (Å²) in [6.45, 7) is 3.80. The molecular weight excluding hydrogens is 291 g/mol. The molecule has 5 heteroatoms. The van der Waals surface area contributed by atoms with Gasteiger partial charge in [-0.2, -0.15) is 0 Å². The second-order valence-corrected chi connectivity index (χ2v) is 5.15. The molecule has 0 radical (unpaired) electrons. The molecule has 0 saturated heterocycles. The van der Waals surface area contributed by atoms with Crippen LogP contribution in [-0.4, -0.2) is 11.9 Å². The molecule has 0 spiro atoms. The van der Waals surface area contributed by atoms with Crippen LogP contribution in [0.5, 0.6) is 0 Å². The van der Waals surface area contributed by atoms with Crippen molar-refractivity contribution in [3.05, 3.63) is 27.7 Å². The van der Waals surface area contributed by atoms with E-state index in [2.05, 4.69) is 21.2 Å². The number of nitrogens with two attached hydrogens (primary N) is 1. The predicted molar refractivity (Wildman–Crippen MR) is 70.6 cm³/mol. The van der Waals surface area contributed by atoms with Gasteiger partial charge in [0, 0.05) is 10.2 Å². The molecule has 0 aliphatic carbocycles.